The average Bonchev–Trinajstić information content (AvgIpc) is 3.23. The number of para-hydroxylation sites is 1. The van der Waals surface area contributed by atoms with E-state index in [-0.39, 0.29) is 5.76 Å². The minimum absolute atomic E-state index is 0.0196. The van der Waals surface area contributed by atoms with Gasteiger partial charge in [-0.2, -0.15) is 0 Å². The summed E-state index contributed by atoms with van der Waals surface area (Å²) in [5.74, 6) is -0.0685. The second kappa shape index (κ2) is 9.49. The van der Waals surface area contributed by atoms with Crippen LogP contribution in [0.15, 0.2) is 53.5 Å². The van der Waals surface area contributed by atoms with E-state index in [0.29, 0.717) is 12.2 Å². The number of aromatic carboxylic acids is 1. The number of piperazine rings is 1. The van der Waals surface area contributed by atoms with Crippen molar-refractivity contribution in [3.8, 4) is 5.75 Å². The van der Waals surface area contributed by atoms with Crippen LogP contribution in [0.4, 0.5) is 5.69 Å². The van der Waals surface area contributed by atoms with Gasteiger partial charge in [0.05, 0.1) is 6.61 Å². The van der Waals surface area contributed by atoms with Crippen molar-refractivity contribution in [3.05, 3.63) is 71.5 Å². The molecule has 0 saturated carbocycles. The molecule has 4 rings (SSSR count). The second-order valence-electron chi connectivity index (χ2n) is 8.13. The van der Waals surface area contributed by atoms with Gasteiger partial charge in [0.25, 0.3) is 0 Å². The smallest absolute Gasteiger partial charge is 0.371 e. The number of furan rings is 1. The molecule has 1 saturated heterocycles. The van der Waals surface area contributed by atoms with Crippen LogP contribution in [0.1, 0.15) is 34.2 Å². The van der Waals surface area contributed by atoms with Crippen molar-refractivity contribution in [1.29, 1.82) is 0 Å². The van der Waals surface area contributed by atoms with E-state index in [1.807, 2.05) is 32.1 Å². The van der Waals surface area contributed by atoms with Crippen LogP contribution in [0.3, 0.4) is 0 Å². The van der Waals surface area contributed by atoms with E-state index in [4.69, 9.17) is 9.15 Å². The molecule has 0 aliphatic carbocycles. The SMILES string of the molecule is C=CCc1cccc(CN2CCN(c3ccc4oc(C(=O)O)cc4c3C)CC2)c1OCC. The summed E-state index contributed by atoms with van der Waals surface area (Å²) in [4.78, 5) is 16.1. The lowest BCUT2D eigenvalue weighted by atomic mass is 10.0. The number of hydrogen-bond acceptors (Lipinski definition) is 5. The first-order chi connectivity index (χ1) is 15.5. The Morgan fingerprint density at radius 1 is 1.19 bits per heavy atom. The summed E-state index contributed by atoms with van der Waals surface area (Å²) < 4.78 is 11.4. The number of allylic oxidation sites excluding steroid dienone is 1. The zero-order valence-electron chi connectivity index (χ0n) is 18.8. The fourth-order valence-corrected chi connectivity index (χ4v) is 4.48. The number of ether oxygens (including phenoxy) is 1. The first-order valence-electron chi connectivity index (χ1n) is 11.1. The van der Waals surface area contributed by atoms with Gasteiger partial charge in [-0.25, -0.2) is 4.79 Å². The van der Waals surface area contributed by atoms with Gasteiger partial charge in [-0.05, 0) is 49.6 Å². The molecule has 0 spiro atoms. The third kappa shape index (κ3) is 4.36. The Kier molecular flexibility index (Phi) is 6.51. The molecule has 0 radical (unpaired) electrons. The Hall–Kier alpha value is -3.25. The Morgan fingerprint density at radius 2 is 1.94 bits per heavy atom. The lowest BCUT2D eigenvalue weighted by molar-refractivity contribution is 0.0665. The normalized spacial score (nSPS) is 14.6. The van der Waals surface area contributed by atoms with Crippen LogP contribution in [-0.4, -0.2) is 48.8 Å². The molecule has 0 atom stereocenters. The predicted octanol–water partition coefficient (Wildman–Crippen LogP) is 4.89. The molecular weight excluding hydrogens is 404 g/mol. The minimum atomic E-state index is -1.04. The Balaban J connectivity index is 1.47. The summed E-state index contributed by atoms with van der Waals surface area (Å²) in [6.45, 7) is 13.1. The van der Waals surface area contributed by atoms with Gasteiger partial charge in [-0.1, -0.05) is 24.3 Å². The van der Waals surface area contributed by atoms with Gasteiger partial charge >= 0.3 is 5.97 Å². The van der Waals surface area contributed by atoms with E-state index in [9.17, 15) is 9.90 Å². The molecule has 1 aromatic heterocycles. The maximum atomic E-state index is 11.3. The van der Waals surface area contributed by atoms with Crippen LogP contribution < -0.4 is 9.64 Å². The van der Waals surface area contributed by atoms with Crippen LogP contribution in [0.5, 0.6) is 5.75 Å². The topological polar surface area (TPSA) is 66.2 Å². The molecular formula is C26H30N2O4. The van der Waals surface area contributed by atoms with Gasteiger partial charge in [-0.3, -0.25) is 4.90 Å². The highest BCUT2D eigenvalue weighted by molar-refractivity contribution is 5.94. The van der Waals surface area contributed by atoms with Gasteiger partial charge in [0, 0.05) is 49.4 Å². The van der Waals surface area contributed by atoms with Crippen LogP contribution in [0, 0.1) is 6.92 Å². The average molecular weight is 435 g/mol. The second-order valence-corrected chi connectivity index (χ2v) is 8.13. The number of nitrogens with zero attached hydrogens (tertiary/aromatic N) is 2. The maximum Gasteiger partial charge on any atom is 0.371 e. The molecule has 1 fully saturated rings. The van der Waals surface area contributed by atoms with Crippen molar-refractivity contribution in [2.75, 3.05) is 37.7 Å². The van der Waals surface area contributed by atoms with E-state index < -0.39 is 5.97 Å². The highest BCUT2D eigenvalue weighted by Crippen LogP contribution is 2.32. The third-order valence-electron chi connectivity index (χ3n) is 6.09. The molecule has 0 unspecified atom stereocenters. The summed E-state index contributed by atoms with van der Waals surface area (Å²) in [6.07, 6.45) is 2.72. The van der Waals surface area contributed by atoms with Crippen molar-refractivity contribution < 1.29 is 19.1 Å². The number of carbonyl (C=O) groups is 1. The Bertz CT molecular complexity index is 1130. The molecule has 0 bridgehead atoms. The number of fused-ring (bicyclic) bond motifs is 1. The molecule has 32 heavy (non-hydrogen) atoms. The van der Waals surface area contributed by atoms with Crippen LogP contribution in [-0.2, 0) is 13.0 Å². The van der Waals surface area contributed by atoms with Gasteiger partial charge in [0.2, 0.25) is 5.76 Å². The number of hydrogen-bond donors (Lipinski definition) is 1. The summed E-state index contributed by atoms with van der Waals surface area (Å²) in [5, 5.41) is 10.1. The number of rotatable bonds is 8. The number of aryl methyl sites for hydroxylation is 1. The zero-order chi connectivity index (χ0) is 22.7. The standard InChI is InChI=1S/C26H30N2O4/c1-4-7-19-8-6-9-20(25(19)31-5-2)17-27-12-14-28(15-13-27)22-10-11-23-21(18(22)3)16-24(32-23)26(29)30/h4,6,8-11,16H,1,5,7,12-15,17H2,2-3H3,(H,29,30). The predicted molar refractivity (Wildman–Crippen MR) is 127 cm³/mol. The van der Waals surface area contributed by atoms with Gasteiger partial charge in [-0.15, -0.1) is 6.58 Å². The lowest BCUT2D eigenvalue weighted by Crippen LogP contribution is -2.46. The molecule has 1 aliphatic heterocycles. The summed E-state index contributed by atoms with van der Waals surface area (Å²) in [6, 6.07) is 11.9. The molecule has 6 heteroatoms. The molecule has 168 valence electrons. The van der Waals surface area contributed by atoms with Gasteiger partial charge < -0.3 is 19.2 Å². The van der Waals surface area contributed by atoms with Crippen molar-refractivity contribution in [2.45, 2.75) is 26.8 Å². The van der Waals surface area contributed by atoms with E-state index in [0.717, 1.165) is 61.5 Å². The van der Waals surface area contributed by atoms with E-state index in [2.05, 4.69) is 34.6 Å². The summed E-state index contributed by atoms with van der Waals surface area (Å²) in [5.41, 5.74) is 5.21. The number of carboxylic acids is 1. The van der Waals surface area contributed by atoms with E-state index >= 15 is 0 Å². The molecule has 2 heterocycles. The van der Waals surface area contributed by atoms with E-state index in [1.54, 1.807) is 6.07 Å². The molecule has 1 N–H and O–H groups in total. The lowest BCUT2D eigenvalue weighted by Gasteiger charge is -2.37. The minimum Gasteiger partial charge on any atom is -0.493 e. The molecule has 3 aromatic rings. The van der Waals surface area contributed by atoms with Crippen molar-refractivity contribution in [1.82, 2.24) is 4.90 Å². The van der Waals surface area contributed by atoms with Gasteiger partial charge in [0.1, 0.15) is 11.3 Å². The largest absolute Gasteiger partial charge is 0.493 e. The van der Waals surface area contributed by atoms with E-state index in [1.165, 1.54) is 11.1 Å². The summed E-state index contributed by atoms with van der Waals surface area (Å²) in [7, 11) is 0. The van der Waals surface area contributed by atoms with Gasteiger partial charge in [0.15, 0.2) is 0 Å². The van der Waals surface area contributed by atoms with Crippen molar-refractivity contribution in [2.24, 2.45) is 0 Å². The van der Waals surface area contributed by atoms with Crippen LogP contribution >= 0.6 is 0 Å². The monoisotopic (exact) mass is 434 g/mol. The number of anilines is 1. The first-order valence-corrected chi connectivity index (χ1v) is 11.1. The molecule has 6 nitrogen and oxygen atoms in total. The fourth-order valence-electron chi connectivity index (χ4n) is 4.48. The third-order valence-corrected chi connectivity index (χ3v) is 6.09. The molecule has 2 aromatic carbocycles. The Morgan fingerprint density at radius 3 is 2.62 bits per heavy atom. The fraction of sp³-hybridized carbons (Fsp3) is 0.346. The van der Waals surface area contributed by atoms with Crippen LogP contribution in [0.25, 0.3) is 11.0 Å². The number of benzene rings is 2. The first kappa shape index (κ1) is 22.0. The highest BCUT2D eigenvalue weighted by atomic mass is 16.5. The maximum absolute atomic E-state index is 11.3. The quantitative estimate of drug-likeness (QED) is 0.509. The summed E-state index contributed by atoms with van der Waals surface area (Å²) >= 11 is 0. The van der Waals surface area contributed by atoms with Crippen molar-refractivity contribution >= 4 is 22.6 Å². The zero-order valence-corrected chi connectivity index (χ0v) is 18.8. The molecule has 0 amide bonds. The highest BCUT2D eigenvalue weighted by Gasteiger charge is 2.22. The Labute approximate surface area is 188 Å². The van der Waals surface area contributed by atoms with Crippen molar-refractivity contribution in [3.63, 3.8) is 0 Å². The van der Waals surface area contributed by atoms with Crippen LogP contribution in [0.2, 0.25) is 0 Å². The molecule has 1 aliphatic rings. The number of carboxylic acid groups (broad SMARTS) is 1.